The number of nitrogens with zero attached hydrogens (tertiary/aromatic N) is 1. The number of likely N-dealkylation sites (tertiary alicyclic amines) is 1. The SMILES string of the molecule is CC1(CN)CCN(CC(=O)Nc2cc(F)cc(F)c2)C1. The molecule has 4 nitrogen and oxygen atoms in total. The number of carbonyl (C=O) groups excluding carboxylic acids is 1. The van der Waals surface area contributed by atoms with Crippen molar-refractivity contribution in [3.05, 3.63) is 29.8 Å². The molecule has 1 saturated heterocycles. The maximum Gasteiger partial charge on any atom is 0.238 e. The molecule has 110 valence electrons. The quantitative estimate of drug-likeness (QED) is 0.882. The first-order valence-electron chi connectivity index (χ1n) is 6.59. The highest BCUT2D eigenvalue weighted by Gasteiger charge is 2.33. The Morgan fingerprint density at radius 1 is 1.40 bits per heavy atom. The first-order valence-corrected chi connectivity index (χ1v) is 6.59. The van der Waals surface area contributed by atoms with Gasteiger partial charge in [0.2, 0.25) is 5.91 Å². The number of nitrogens with one attached hydrogen (secondary N) is 1. The van der Waals surface area contributed by atoms with Crippen LogP contribution in [-0.4, -0.2) is 37.0 Å². The van der Waals surface area contributed by atoms with Crippen LogP contribution in [-0.2, 0) is 4.79 Å². The first kappa shape index (κ1) is 14.9. The van der Waals surface area contributed by atoms with Gasteiger partial charge in [-0.15, -0.1) is 0 Å². The summed E-state index contributed by atoms with van der Waals surface area (Å²) in [5.41, 5.74) is 5.89. The minimum atomic E-state index is -0.711. The van der Waals surface area contributed by atoms with Gasteiger partial charge in [0.15, 0.2) is 0 Å². The molecule has 1 amide bonds. The first-order chi connectivity index (χ1) is 9.40. The summed E-state index contributed by atoms with van der Waals surface area (Å²) in [4.78, 5) is 13.9. The molecule has 1 heterocycles. The van der Waals surface area contributed by atoms with Crippen LogP contribution in [0.3, 0.4) is 0 Å². The van der Waals surface area contributed by atoms with Gasteiger partial charge in [-0.3, -0.25) is 9.69 Å². The van der Waals surface area contributed by atoms with Gasteiger partial charge in [0.1, 0.15) is 11.6 Å². The van der Waals surface area contributed by atoms with Gasteiger partial charge in [-0.05, 0) is 37.1 Å². The number of benzene rings is 1. The van der Waals surface area contributed by atoms with E-state index in [1.54, 1.807) is 0 Å². The molecule has 1 unspecified atom stereocenters. The summed E-state index contributed by atoms with van der Waals surface area (Å²) in [5, 5.41) is 2.50. The van der Waals surface area contributed by atoms with Crippen molar-refractivity contribution in [2.45, 2.75) is 13.3 Å². The predicted molar refractivity (Wildman–Crippen MR) is 73.2 cm³/mol. The molecule has 20 heavy (non-hydrogen) atoms. The smallest absolute Gasteiger partial charge is 0.238 e. The molecule has 1 fully saturated rings. The summed E-state index contributed by atoms with van der Waals surface area (Å²) in [6.07, 6.45) is 0.950. The lowest BCUT2D eigenvalue weighted by atomic mass is 9.90. The van der Waals surface area contributed by atoms with E-state index in [-0.39, 0.29) is 23.6 Å². The van der Waals surface area contributed by atoms with Crippen LogP contribution in [0.25, 0.3) is 0 Å². The van der Waals surface area contributed by atoms with E-state index in [0.29, 0.717) is 6.54 Å². The molecular formula is C14H19F2N3O. The van der Waals surface area contributed by atoms with Crippen LogP contribution < -0.4 is 11.1 Å². The van der Waals surface area contributed by atoms with Crippen molar-refractivity contribution < 1.29 is 13.6 Å². The fourth-order valence-electron chi connectivity index (χ4n) is 2.46. The lowest BCUT2D eigenvalue weighted by molar-refractivity contribution is -0.117. The third-order valence-corrected chi connectivity index (χ3v) is 3.64. The molecule has 1 aromatic carbocycles. The van der Waals surface area contributed by atoms with Gasteiger partial charge in [-0.2, -0.15) is 0 Å². The van der Waals surface area contributed by atoms with Crippen LogP contribution in [0.1, 0.15) is 13.3 Å². The minimum Gasteiger partial charge on any atom is -0.330 e. The molecule has 0 spiro atoms. The largest absolute Gasteiger partial charge is 0.330 e. The summed E-state index contributed by atoms with van der Waals surface area (Å²) in [5.74, 6) is -1.70. The van der Waals surface area contributed by atoms with Gasteiger partial charge >= 0.3 is 0 Å². The van der Waals surface area contributed by atoms with Crippen LogP contribution in [0.2, 0.25) is 0 Å². The maximum atomic E-state index is 13.0. The second-order valence-electron chi connectivity index (χ2n) is 5.68. The number of carbonyl (C=O) groups is 1. The molecule has 0 saturated carbocycles. The van der Waals surface area contributed by atoms with Crippen LogP contribution in [0, 0.1) is 17.0 Å². The van der Waals surface area contributed by atoms with E-state index < -0.39 is 11.6 Å². The Morgan fingerprint density at radius 3 is 2.60 bits per heavy atom. The highest BCUT2D eigenvalue weighted by Crippen LogP contribution is 2.28. The fourth-order valence-corrected chi connectivity index (χ4v) is 2.46. The molecule has 0 bridgehead atoms. The summed E-state index contributed by atoms with van der Waals surface area (Å²) in [6.45, 7) is 4.44. The van der Waals surface area contributed by atoms with Crippen LogP contribution in [0.15, 0.2) is 18.2 Å². The zero-order valence-electron chi connectivity index (χ0n) is 11.5. The number of hydrogen-bond acceptors (Lipinski definition) is 3. The Bertz CT molecular complexity index is 489. The van der Waals surface area contributed by atoms with Crippen molar-refractivity contribution >= 4 is 11.6 Å². The van der Waals surface area contributed by atoms with Gasteiger partial charge in [-0.25, -0.2) is 8.78 Å². The average molecular weight is 283 g/mol. The lowest BCUT2D eigenvalue weighted by Crippen LogP contribution is -2.35. The van der Waals surface area contributed by atoms with Crippen molar-refractivity contribution in [1.82, 2.24) is 4.90 Å². The third-order valence-electron chi connectivity index (χ3n) is 3.64. The van der Waals surface area contributed by atoms with Gasteiger partial charge < -0.3 is 11.1 Å². The van der Waals surface area contributed by atoms with Crippen molar-refractivity contribution in [2.75, 3.05) is 31.5 Å². The Kier molecular flexibility index (Phi) is 4.35. The number of amides is 1. The van der Waals surface area contributed by atoms with E-state index in [9.17, 15) is 13.6 Å². The Hall–Kier alpha value is -1.53. The summed E-state index contributed by atoms with van der Waals surface area (Å²) in [6, 6.07) is 2.95. The van der Waals surface area contributed by atoms with Crippen LogP contribution in [0.5, 0.6) is 0 Å². The molecule has 3 N–H and O–H groups in total. The van der Waals surface area contributed by atoms with Crippen LogP contribution >= 0.6 is 0 Å². The molecule has 1 aliphatic heterocycles. The third kappa shape index (κ3) is 3.74. The van der Waals surface area contributed by atoms with Crippen molar-refractivity contribution in [3.63, 3.8) is 0 Å². The van der Waals surface area contributed by atoms with Gasteiger partial charge in [0.25, 0.3) is 0 Å². The normalized spacial score (nSPS) is 23.0. The van der Waals surface area contributed by atoms with E-state index in [1.165, 1.54) is 0 Å². The highest BCUT2D eigenvalue weighted by atomic mass is 19.1. The van der Waals surface area contributed by atoms with E-state index in [4.69, 9.17) is 5.73 Å². The van der Waals surface area contributed by atoms with Gasteiger partial charge in [0, 0.05) is 18.3 Å². The van der Waals surface area contributed by atoms with Crippen molar-refractivity contribution in [3.8, 4) is 0 Å². The van der Waals surface area contributed by atoms with Gasteiger partial charge in [-0.1, -0.05) is 6.92 Å². The monoisotopic (exact) mass is 283 g/mol. The fraction of sp³-hybridized carbons (Fsp3) is 0.500. The molecule has 1 aliphatic rings. The number of nitrogens with two attached hydrogens (primary N) is 1. The lowest BCUT2D eigenvalue weighted by Gasteiger charge is -2.22. The number of hydrogen-bond donors (Lipinski definition) is 2. The van der Waals surface area contributed by atoms with Gasteiger partial charge in [0.05, 0.1) is 6.54 Å². The zero-order chi connectivity index (χ0) is 14.8. The minimum absolute atomic E-state index is 0.0469. The summed E-state index contributed by atoms with van der Waals surface area (Å²) < 4.78 is 26.0. The molecule has 0 aliphatic carbocycles. The second-order valence-corrected chi connectivity index (χ2v) is 5.68. The highest BCUT2D eigenvalue weighted by molar-refractivity contribution is 5.92. The number of rotatable bonds is 4. The van der Waals surface area contributed by atoms with E-state index in [2.05, 4.69) is 12.2 Å². The number of halogens is 2. The van der Waals surface area contributed by atoms with E-state index in [0.717, 1.165) is 37.7 Å². The average Bonchev–Trinajstić information content (AvgIpc) is 2.70. The summed E-state index contributed by atoms with van der Waals surface area (Å²) >= 11 is 0. The second kappa shape index (κ2) is 5.85. The van der Waals surface area contributed by atoms with Crippen LogP contribution in [0.4, 0.5) is 14.5 Å². The maximum absolute atomic E-state index is 13.0. The van der Waals surface area contributed by atoms with Crippen molar-refractivity contribution in [2.24, 2.45) is 11.1 Å². The zero-order valence-corrected chi connectivity index (χ0v) is 11.5. The summed E-state index contributed by atoms with van der Waals surface area (Å²) in [7, 11) is 0. The molecule has 1 atom stereocenters. The van der Waals surface area contributed by atoms with E-state index >= 15 is 0 Å². The molecule has 0 aromatic heterocycles. The predicted octanol–water partition coefficient (Wildman–Crippen LogP) is 1.57. The standard InChI is InChI=1S/C14H19F2N3O/c1-14(8-17)2-3-19(9-14)7-13(20)18-12-5-10(15)4-11(16)6-12/h4-6H,2-3,7-9,17H2,1H3,(H,18,20). The van der Waals surface area contributed by atoms with Crippen molar-refractivity contribution in [1.29, 1.82) is 0 Å². The number of anilines is 1. The van der Waals surface area contributed by atoms with E-state index in [1.807, 2.05) is 4.90 Å². The molecular weight excluding hydrogens is 264 g/mol. The molecule has 1 aromatic rings. The topological polar surface area (TPSA) is 58.4 Å². The molecule has 0 radical (unpaired) electrons. The Balaban J connectivity index is 1.90. The Morgan fingerprint density at radius 2 is 2.05 bits per heavy atom. The molecule has 2 rings (SSSR count). The molecule has 6 heteroatoms. The Labute approximate surface area is 116 Å².